The number of fused-ring (bicyclic) bond motifs is 3. The van der Waals surface area contributed by atoms with Crippen LogP contribution in [0.3, 0.4) is 0 Å². The molecule has 39 heavy (non-hydrogen) atoms. The van der Waals surface area contributed by atoms with E-state index in [0.717, 1.165) is 64.0 Å². The molecule has 3 heterocycles. The molecule has 214 valence electrons. The summed E-state index contributed by atoms with van der Waals surface area (Å²) in [7, 11) is 0. The number of halogens is 1. The molecule has 1 aromatic carbocycles. The van der Waals surface area contributed by atoms with E-state index in [1.54, 1.807) is 37.8 Å². The normalized spacial score (nSPS) is 29.6. The maximum atomic E-state index is 15.3. The van der Waals surface area contributed by atoms with E-state index in [0.29, 0.717) is 11.6 Å². The molecule has 0 radical (unpaired) electrons. The van der Waals surface area contributed by atoms with E-state index >= 15 is 4.39 Å². The number of benzene rings is 1. The van der Waals surface area contributed by atoms with Crippen LogP contribution in [0.5, 0.6) is 0 Å². The van der Waals surface area contributed by atoms with Gasteiger partial charge in [-0.1, -0.05) is 12.1 Å². The zero-order valence-electron chi connectivity index (χ0n) is 23.4. The molecular weight excluding hydrogens is 501 g/mol. The Bertz CT molecular complexity index is 1100. The Labute approximate surface area is 230 Å². The number of piperidine rings is 2. The third-order valence-electron chi connectivity index (χ3n) is 9.05. The van der Waals surface area contributed by atoms with E-state index in [1.807, 2.05) is 6.07 Å². The first kappa shape index (κ1) is 28.0. The molecule has 5 rings (SSSR count). The second kappa shape index (κ2) is 11.2. The highest BCUT2D eigenvalue weighted by molar-refractivity contribution is 5.92. The van der Waals surface area contributed by atoms with Gasteiger partial charge in [-0.2, -0.15) is 0 Å². The molecule has 4 fully saturated rings. The molecule has 1 aromatic rings. The molecule has 0 unspecified atom stereocenters. The number of carbonyl (C=O) groups is 3. The van der Waals surface area contributed by atoms with E-state index in [2.05, 4.69) is 4.90 Å². The Hall–Kier alpha value is -2.52. The van der Waals surface area contributed by atoms with Gasteiger partial charge in [-0.15, -0.1) is 0 Å². The molecular formula is C30H42FN3O5. The van der Waals surface area contributed by atoms with Crippen molar-refractivity contribution in [1.82, 2.24) is 9.80 Å². The summed E-state index contributed by atoms with van der Waals surface area (Å²) in [5.41, 5.74) is 6.38. The number of ketones is 1. The zero-order chi connectivity index (χ0) is 27.9. The van der Waals surface area contributed by atoms with Gasteiger partial charge in [0, 0.05) is 31.0 Å². The van der Waals surface area contributed by atoms with Gasteiger partial charge < -0.3 is 15.2 Å². The van der Waals surface area contributed by atoms with E-state index in [9.17, 15) is 14.4 Å². The second-order valence-corrected chi connectivity index (χ2v) is 12.9. The Morgan fingerprint density at radius 3 is 2.64 bits per heavy atom. The van der Waals surface area contributed by atoms with Gasteiger partial charge in [0.2, 0.25) is 5.91 Å². The molecule has 2 bridgehead atoms. The number of nitrogens with zero attached hydrogens (tertiary/aromatic N) is 2. The SMILES string of the molecule is CC(C)(C)OC(=O)N1[C@@H]2CC[C@@H](C2)[C@H]1C(=O)C[C@@H](Cc1ccc([C@@H]2CCN3CCOC[C@H]3C2)cc1F)C(N)=O. The van der Waals surface area contributed by atoms with Crippen molar-refractivity contribution >= 4 is 17.8 Å². The topological polar surface area (TPSA) is 102 Å². The minimum Gasteiger partial charge on any atom is -0.444 e. The fraction of sp³-hybridized carbons (Fsp3) is 0.700. The van der Waals surface area contributed by atoms with E-state index in [4.69, 9.17) is 15.2 Å². The van der Waals surface area contributed by atoms with Crippen LogP contribution in [0.1, 0.15) is 76.3 Å². The molecule has 2 N–H and O–H groups in total. The summed E-state index contributed by atoms with van der Waals surface area (Å²) < 4.78 is 26.5. The van der Waals surface area contributed by atoms with Crippen molar-refractivity contribution in [1.29, 1.82) is 0 Å². The molecule has 6 atom stereocenters. The first-order chi connectivity index (χ1) is 18.5. The summed E-state index contributed by atoms with van der Waals surface area (Å²) in [6.07, 6.45) is 3.83. The van der Waals surface area contributed by atoms with E-state index in [-0.39, 0.29) is 42.3 Å². The van der Waals surface area contributed by atoms with Crippen molar-refractivity contribution in [2.24, 2.45) is 17.6 Å². The summed E-state index contributed by atoms with van der Waals surface area (Å²) in [4.78, 5) is 42.9. The van der Waals surface area contributed by atoms with Crippen molar-refractivity contribution < 1.29 is 28.2 Å². The third kappa shape index (κ3) is 6.14. The molecule has 0 spiro atoms. The number of morpholine rings is 1. The van der Waals surface area contributed by atoms with Crippen LogP contribution in [0.2, 0.25) is 0 Å². The van der Waals surface area contributed by atoms with Crippen molar-refractivity contribution in [3.63, 3.8) is 0 Å². The highest BCUT2D eigenvalue weighted by Crippen LogP contribution is 2.44. The molecule has 1 saturated carbocycles. The van der Waals surface area contributed by atoms with E-state index < -0.39 is 29.6 Å². The maximum absolute atomic E-state index is 15.3. The molecule has 8 nitrogen and oxygen atoms in total. The van der Waals surface area contributed by atoms with Crippen molar-refractivity contribution in [2.75, 3.05) is 26.3 Å². The van der Waals surface area contributed by atoms with Gasteiger partial charge in [-0.05, 0) is 94.9 Å². The Morgan fingerprint density at radius 1 is 1.13 bits per heavy atom. The summed E-state index contributed by atoms with van der Waals surface area (Å²) in [6.45, 7) is 8.83. The Kier molecular flexibility index (Phi) is 8.02. The fourth-order valence-corrected chi connectivity index (χ4v) is 7.14. The van der Waals surface area contributed by atoms with Crippen LogP contribution in [0.15, 0.2) is 18.2 Å². The number of hydrogen-bond acceptors (Lipinski definition) is 6. The summed E-state index contributed by atoms with van der Waals surface area (Å²) in [5.74, 6) is -1.73. The molecule has 9 heteroatoms. The average Bonchev–Trinajstić information content (AvgIpc) is 3.50. The second-order valence-electron chi connectivity index (χ2n) is 12.9. The summed E-state index contributed by atoms with van der Waals surface area (Å²) in [6, 6.07) is 4.99. The van der Waals surface area contributed by atoms with Crippen molar-refractivity contribution in [3.05, 3.63) is 35.1 Å². The molecule has 1 aliphatic carbocycles. The smallest absolute Gasteiger partial charge is 0.411 e. The standard InChI is InChI=1S/C30H42FN3O5/c1-30(2,3)39-29(37)34-23-7-6-21(14-23)27(34)26(35)16-22(28(32)36)12-20-5-4-18(15-25(20)31)19-8-9-33-10-11-38-17-24(33)13-19/h4-5,15,19,21-24,27H,6-14,16-17H2,1-3H3,(H2,32,36)/t19-,21+,22-,23-,24-,27+/m1/s1. The van der Waals surface area contributed by atoms with Crippen molar-refractivity contribution in [2.45, 2.75) is 95.4 Å². The number of carbonyl (C=O) groups excluding carboxylic acids is 3. The number of amides is 2. The lowest BCUT2D eigenvalue weighted by Crippen LogP contribution is -2.51. The van der Waals surface area contributed by atoms with E-state index in [1.165, 1.54) is 0 Å². The van der Waals surface area contributed by atoms with Gasteiger partial charge >= 0.3 is 6.09 Å². The van der Waals surface area contributed by atoms with Crippen LogP contribution < -0.4 is 5.73 Å². The number of ether oxygens (including phenoxy) is 2. The van der Waals surface area contributed by atoms with Crippen LogP contribution in [-0.2, 0) is 25.5 Å². The molecule has 3 aliphatic heterocycles. The highest BCUT2D eigenvalue weighted by Gasteiger charge is 2.52. The fourth-order valence-electron chi connectivity index (χ4n) is 7.14. The van der Waals surface area contributed by atoms with Crippen LogP contribution in [-0.4, -0.2) is 77.6 Å². The first-order valence-electron chi connectivity index (χ1n) is 14.4. The van der Waals surface area contributed by atoms with Crippen LogP contribution in [0.25, 0.3) is 0 Å². The van der Waals surface area contributed by atoms with Gasteiger partial charge in [-0.25, -0.2) is 9.18 Å². The number of rotatable bonds is 7. The molecule has 3 saturated heterocycles. The lowest BCUT2D eigenvalue weighted by Gasteiger charge is -2.42. The monoisotopic (exact) mass is 543 g/mol. The number of primary amides is 1. The highest BCUT2D eigenvalue weighted by atomic mass is 19.1. The predicted molar refractivity (Wildman–Crippen MR) is 144 cm³/mol. The van der Waals surface area contributed by atoms with Gasteiger partial charge in [-0.3, -0.25) is 19.4 Å². The van der Waals surface area contributed by atoms with Crippen LogP contribution in [0, 0.1) is 17.7 Å². The lowest BCUT2D eigenvalue weighted by atomic mass is 9.83. The number of likely N-dealkylation sites (tertiary alicyclic amines) is 1. The van der Waals surface area contributed by atoms with Gasteiger partial charge in [0.15, 0.2) is 5.78 Å². The maximum Gasteiger partial charge on any atom is 0.411 e. The summed E-state index contributed by atoms with van der Waals surface area (Å²) in [5, 5.41) is 0. The minimum absolute atomic E-state index is 0.0251. The summed E-state index contributed by atoms with van der Waals surface area (Å²) >= 11 is 0. The largest absolute Gasteiger partial charge is 0.444 e. The van der Waals surface area contributed by atoms with Gasteiger partial charge in [0.1, 0.15) is 11.4 Å². The zero-order valence-corrected chi connectivity index (χ0v) is 23.4. The van der Waals surface area contributed by atoms with Crippen LogP contribution in [0.4, 0.5) is 9.18 Å². The number of hydrogen-bond donors (Lipinski definition) is 1. The van der Waals surface area contributed by atoms with Gasteiger partial charge in [0.25, 0.3) is 0 Å². The predicted octanol–water partition coefficient (Wildman–Crippen LogP) is 3.80. The number of nitrogens with two attached hydrogens (primary N) is 1. The van der Waals surface area contributed by atoms with Crippen LogP contribution >= 0.6 is 0 Å². The van der Waals surface area contributed by atoms with Gasteiger partial charge in [0.05, 0.1) is 19.3 Å². The Morgan fingerprint density at radius 2 is 1.92 bits per heavy atom. The molecule has 2 amide bonds. The molecule has 4 aliphatic rings. The number of Topliss-reactive ketones (excluding diaryl/α,β-unsaturated/α-hetero) is 1. The third-order valence-corrected chi connectivity index (χ3v) is 9.05. The average molecular weight is 544 g/mol. The lowest BCUT2D eigenvalue weighted by molar-refractivity contribution is -0.131. The first-order valence-corrected chi connectivity index (χ1v) is 14.4. The Balaban J connectivity index is 1.25. The quantitative estimate of drug-likeness (QED) is 0.562. The van der Waals surface area contributed by atoms with Crippen molar-refractivity contribution in [3.8, 4) is 0 Å². The minimum atomic E-state index is -0.847. The molecule has 0 aromatic heterocycles.